The molecule has 1 saturated heterocycles. The molecule has 0 radical (unpaired) electrons. The Hall–Kier alpha value is -1.70. The van der Waals surface area contributed by atoms with Gasteiger partial charge in [-0.2, -0.15) is 0 Å². The number of carbonyl (C=O) groups is 1. The topological polar surface area (TPSA) is 82.2 Å². The van der Waals surface area contributed by atoms with Gasteiger partial charge in [-0.25, -0.2) is 9.37 Å². The number of nitrogens with zero attached hydrogens (tertiary/aromatic N) is 2. The number of ether oxygens (including phenoxy) is 1. The van der Waals surface area contributed by atoms with Crippen molar-refractivity contribution in [1.82, 2.24) is 9.55 Å². The van der Waals surface area contributed by atoms with Crippen LogP contribution in [0.1, 0.15) is 12.8 Å². The van der Waals surface area contributed by atoms with Crippen LogP contribution in [-0.4, -0.2) is 34.2 Å². The molecule has 1 aromatic heterocycles. The molecule has 0 unspecified atom stereocenters. The first-order valence-electron chi connectivity index (χ1n) is 6.87. The number of imidazole rings is 1. The van der Waals surface area contributed by atoms with Crippen LogP contribution in [-0.2, 0) is 16.6 Å². The number of nitrogens with one attached hydrogen (secondary N) is 1. The summed E-state index contributed by atoms with van der Waals surface area (Å²) in [5, 5.41) is 2.69. The van der Waals surface area contributed by atoms with Crippen molar-refractivity contribution in [2.45, 2.75) is 25.0 Å². The SMILES string of the molecule is Cl.Cn1c(NC(=O)[C@@H]2CC[C@H](CN)O2)nc2c(F)cccc21. The van der Waals surface area contributed by atoms with Crippen molar-refractivity contribution in [2.75, 3.05) is 11.9 Å². The molecular formula is C14H18ClFN4O2. The summed E-state index contributed by atoms with van der Waals surface area (Å²) < 4.78 is 20.9. The number of aryl methyl sites for hydroxylation is 1. The maximum absolute atomic E-state index is 13.7. The number of carbonyl (C=O) groups excluding carboxylic acids is 1. The van der Waals surface area contributed by atoms with Gasteiger partial charge in [0.2, 0.25) is 5.95 Å². The summed E-state index contributed by atoms with van der Waals surface area (Å²) in [5.41, 5.74) is 6.39. The molecule has 3 N–H and O–H groups in total. The van der Waals surface area contributed by atoms with Crippen molar-refractivity contribution >= 4 is 35.3 Å². The van der Waals surface area contributed by atoms with Gasteiger partial charge < -0.3 is 15.0 Å². The Bertz CT molecular complexity index is 691. The van der Waals surface area contributed by atoms with Crippen LogP contribution < -0.4 is 11.1 Å². The van der Waals surface area contributed by atoms with E-state index in [0.717, 1.165) is 6.42 Å². The van der Waals surface area contributed by atoms with Crippen LogP contribution in [0.2, 0.25) is 0 Å². The maximum atomic E-state index is 13.7. The lowest BCUT2D eigenvalue weighted by atomic mass is 10.2. The predicted molar refractivity (Wildman–Crippen MR) is 83.5 cm³/mol. The van der Waals surface area contributed by atoms with Crippen LogP contribution in [0, 0.1) is 5.82 Å². The fourth-order valence-electron chi connectivity index (χ4n) is 2.55. The summed E-state index contributed by atoms with van der Waals surface area (Å²) in [5.74, 6) is -0.381. The van der Waals surface area contributed by atoms with Gasteiger partial charge in [-0.3, -0.25) is 10.1 Å². The van der Waals surface area contributed by atoms with E-state index in [2.05, 4.69) is 10.3 Å². The molecule has 0 saturated carbocycles. The summed E-state index contributed by atoms with van der Waals surface area (Å²) in [6.45, 7) is 0.404. The lowest BCUT2D eigenvalue weighted by molar-refractivity contribution is -0.126. The predicted octanol–water partition coefficient (Wildman–Crippen LogP) is 1.58. The Morgan fingerprint density at radius 2 is 2.32 bits per heavy atom. The van der Waals surface area contributed by atoms with Gasteiger partial charge in [0, 0.05) is 13.6 Å². The average Bonchev–Trinajstić information content (AvgIpc) is 3.07. The summed E-state index contributed by atoms with van der Waals surface area (Å²) >= 11 is 0. The number of nitrogens with two attached hydrogens (primary N) is 1. The first-order chi connectivity index (χ1) is 10.1. The summed E-state index contributed by atoms with van der Waals surface area (Å²) in [6.07, 6.45) is 0.805. The smallest absolute Gasteiger partial charge is 0.255 e. The van der Waals surface area contributed by atoms with E-state index in [1.807, 2.05) is 0 Å². The molecular weight excluding hydrogens is 311 g/mol. The van der Waals surface area contributed by atoms with E-state index in [1.165, 1.54) is 6.07 Å². The van der Waals surface area contributed by atoms with Gasteiger partial charge in [0.25, 0.3) is 5.91 Å². The molecule has 0 aliphatic carbocycles. The molecule has 0 spiro atoms. The molecule has 1 aliphatic heterocycles. The maximum Gasteiger partial charge on any atom is 0.255 e. The number of aromatic nitrogens is 2. The lowest BCUT2D eigenvalue weighted by Crippen LogP contribution is -2.30. The Kier molecular flexibility index (Phi) is 5.00. The fraction of sp³-hybridized carbons (Fsp3) is 0.429. The number of benzene rings is 1. The highest BCUT2D eigenvalue weighted by molar-refractivity contribution is 5.94. The molecule has 6 nitrogen and oxygen atoms in total. The standard InChI is InChI=1S/C14H17FN4O2.ClH/c1-19-10-4-2-3-9(15)12(10)17-14(19)18-13(20)11-6-5-8(7-16)21-11;/h2-4,8,11H,5-7,16H2,1H3,(H,17,18,20);1H/t8-,11+;/m1./s1. The molecule has 120 valence electrons. The monoisotopic (exact) mass is 328 g/mol. The Labute approximate surface area is 133 Å². The van der Waals surface area contributed by atoms with Gasteiger partial charge in [0.15, 0.2) is 5.82 Å². The number of rotatable bonds is 3. The molecule has 2 heterocycles. The van der Waals surface area contributed by atoms with E-state index in [-0.39, 0.29) is 29.9 Å². The fourth-order valence-corrected chi connectivity index (χ4v) is 2.55. The lowest BCUT2D eigenvalue weighted by Gasteiger charge is -2.12. The van der Waals surface area contributed by atoms with Crippen LogP contribution in [0.15, 0.2) is 18.2 Å². The molecule has 1 aliphatic rings. The zero-order valence-corrected chi connectivity index (χ0v) is 12.9. The zero-order chi connectivity index (χ0) is 15.0. The Morgan fingerprint density at radius 1 is 1.55 bits per heavy atom. The molecule has 2 atom stereocenters. The molecule has 1 fully saturated rings. The van der Waals surface area contributed by atoms with Gasteiger partial charge in [0.1, 0.15) is 11.6 Å². The van der Waals surface area contributed by atoms with E-state index in [1.54, 1.807) is 23.7 Å². The van der Waals surface area contributed by atoms with Gasteiger partial charge in [-0.15, -0.1) is 12.4 Å². The van der Waals surface area contributed by atoms with E-state index in [0.29, 0.717) is 24.4 Å². The van der Waals surface area contributed by atoms with Gasteiger partial charge in [-0.1, -0.05) is 6.07 Å². The van der Waals surface area contributed by atoms with Crippen molar-refractivity contribution in [3.05, 3.63) is 24.0 Å². The number of fused-ring (bicyclic) bond motifs is 1. The molecule has 3 rings (SSSR count). The number of halogens is 2. The molecule has 22 heavy (non-hydrogen) atoms. The molecule has 1 aromatic carbocycles. The van der Waals surface area contributed by atoms with E-state index < -0.39 is 11.9 Å². The van der Waals surface area contributed by atoms with Crippen LogP contribution in [0.3, 0.4) is 0 Å². The average molecular weight is 329 g/mol. The van der Waals surface area contributed by atoms with Crippen molar-refractivity contribution in [1.29, 1.82) is 0 Å². The largest absolute Gasteiger partial charge is 0.364 e. The number of hydrogen-bond acceptors (Lipinski definition) is 4. The Morgan fingerprint density at radius 3 is 2.95 bits per heavy atom. The van der Waals surface area contributed by atoms with Crippen LogP contribution in [0.5, 0.6) is 0 Å². The minimum atomic E-state index is -0.525. The van der Waals surface area contributed by atoms with Crippen LogP contribution in [0.25, 0.3) is 11.0 Å². The number of anilines is 1. The van der Waals surface area contributed by atoms with Gasteiger partial charge in [-0.05, 0) is 25.0 Å². The third-order valence-electron chi connectivity index (χ3n) is 3.76. The quantitative estimate of drug-likeness (QED) is 0.896. The molecule has 2 aromatic rings. The number of para-hydroxylation sites is 1. The van der Waals surface area contributed by atoms with Gasteiger partial charge in [0.05, 0.1) is 11.6 Å². The first kappa shape index (κ1) is 16.7. The minimum absolute atomic E-state index is 0. The molecule has 1 amide bonds. The highest BCUT2D eigenvalue weighted by Crippen LogP contribution is 2.23. The van der Waals surface area contributed by atoms with Crippen molar-refractivity contribution < 1.29 is 13.9 Å². The van der Waals surface area contributed by atoms with Crippen molar-refractivity contribution in [3.63, 3.8) is 0 Å². The summed E-state index contributed by atoms with van der Waals surface area (Å²) in [6, 6.07) is 4.70. The second-order valence-electron chi connectivity index (χ2n) is 5.15. The molecule has 0 bridgehead atoms. The van der Waals surface area contributed by atoms with E-state index in [9.17, 15) is 9.18 Å². The van der Waals surface area contributed by atoms with Crippen molar-refractivity contribution in [2.24, 2.45) is 12.8 Å². The van der Waals surface area contributed by atoms with Gasteiger partial charge >= 0.3 is 0 Å². The van der Waals surface area contributed by atoms with E-state index in [4.69, 9.17) is 10.5 Å². The third kappa shape index (κ3) is 2.92. The normalized spacial score (nSPS) is 20.9. The highest BCUT2D eigenvalue weighted by Gasteiger charge is 2.30. The second kappa shape index (κ2) is 6.60. The van der Waals surface area contributed by atoms with E-state index >= 15 is 0 Å². The summed E-state index contributed by atoms with van der Waals surface area (Å²) in [7, 11) is 1.72. The summed E-state index contributed by atoms with van der Waals surface area (Å²) in [4.78, 5) is 16.3. The third-order valence-corrected chi connectivity index (χ3v) is 3.76. The Balaban J connectivity index is 0.00000176. The first-order valence-corrected chi connectivity index (χ1v) is 6.87. The van der Waals surface area contributed by atoms with Crippen molar-refractivity contribution in [3.8, 4) is 0 Å². The number of hydrogen-bond donors (Lipinski definition) is 2. The minimum Gasteiger partial charge on any atom is -0.364 e. The van der Waals surface area contributed by atoms with Crippen LogP contribution >= 0.6 is 12.4 Å². The second-order valence-corrected chi connectivity index (χ2v) is 5.15. The highest BCUT2D eigenvalue weighted by atomic mass is 35.5. The molecule has 8 heteroatoms. The number of amides is 1. The zero-order valence-electron chi connectivity index (χ0n) is 12.1. The van der Waals surface area contributed by atoms with Crippen LogP contribution in [0.4, 0.5) is 10.3 Å².